The van der Waals surface area contributed by atoms with Crippen LogP contribution in [0.3, 0.4) is 0 Å². The Bertz CT molecular complexity index is 605. The third kappa shape index (κ3) is 3.24. The number of piperidine rings is 1. The molecule has 0 aromatic carbocycles. The van der Waals surface area contributed by atoms with Crippen LogP contribution in [0.2, 0.25) is 0 Å². The Labute approximate surface area is 148 Å². The van der Waals surface area contributed by atoms with Crippen molar-refractivity contribution in [3.63, 3.8) is 0 Å². The predicted octanol–water partition coefficient (Wildman–Crippen LogP) is 2.44. The summed E-state index contributed by atoms with van der Waals surface area (Å²) >= 11 is 1.65. The van der Waals surface area contributed by atoms with Gasteiger partial charge in [-0.05, 0) is 45.4 Å². The maximum absolute atomic E-state index is 12.4. The largest absolute Gasteiger partial charge is 0.363 e. The highest BCUT2D eigenvalue weighted by molar-refractivity contribution is 7.09. The summed E-state index contributed by atoms with van der Waals surface area (Å²) in [6.07, 6.45) is 4.87. The van der Waals surface area contributed by atoms with Gasteiger partial charge in [0.25, 0.3) is 0 Å². The van der Waals surface area contributed by atoms with E-state index in [1.165, 1.54) is 19.4 Å². The molecule has 1 aliphatic carbocycles. The van der Waals surface area contributed by atoms with E-state index in [1.807, 2.05) is 11.8 Å². The first kappa shape index (κ1) is 16.5. The molecule has 2 aliphatic heterocycles. The predicted molar refractivity (Wildman–Crippen MR) is 93.9 cm³/mol. The molecule has 0 radical (unpaired) electrons. The smallest absolute Gasteiger partial charge is 0.249 e. The fraction of sp³-hybridized carbons (Fsp3) is 0.778. The highest BCUT2D eigenvalue weighted by atomic mass is 32.1. The van der Waals surface area contributed by atoms with E-state index < -0.39 is 0 Å². The molecular formula is C18H27N3O2S. The van der Waals surface area contributed by atoms with E-state index in [9.17, 15) is 4.79 Å². The molecule has 24 heavy (non-hydrogen) atoms. The van der Waals surface area contributed by atoms with Crippen LogP contribution in [0.15, 0.2) is 5.38 Å². The van der Waals surface area contributed by atoms with E-state index in [1.54, 1.807) is 11.3 Å². The van der Waals surface area contributed by atoms with Crippen LogP contribution in [-0.4, -0.2) is 58.6 Å². The van der Waals surface area contributed by atoms with E-state index in [0.717, 1.165) is 42.6 Å². The molecule has 1 amide bonds. The first-order chi connectivity index (χ1) is 11.6. The van der Waals surface area contributed by atoms with Gasteiger partial charge in [0.15, 0.2) is 0 Å². The van der Waals surface area contributed by atoms with Crippen LogP contribution in [0, 0.1) is 12.8 Å². The first-order valence-electron chi connectivity index (χ1n) is 9.12. The van der Waals surface area contributed by atoms with Gasteiger partial charge in [0.05, 0.1) is 28.9 Å². The Kier molecular flexibility index (Phi) is 4.39. The van der Waals surface area contributed by atoms with Crippen LogP contribution in [0.5, 0.6) is 0 Å². The first-order valence-corrected chi connectivity index (χ1v) is 10.0. The molecule has 1 saturated carbocycles. The minimum Gasteiger partial charge on any atom is -0.363 e. The third-order valence-electron chi connectivity index (χ3n) is 5.95. The van der Waals surface area contributed by atoms with Gasteiger partial charge in [-0.2, -0.15) is 0 Å². The Morgan fingerprint density at radius 1 is 1.38 bits per heavy atom. The summed E-state index contributed by atoms with van der Waals surface area (Å²) in [5, 5.41) is 3.12. The average Bonchev–Trinajstić information content (AvgIpc) is 3.30. The summed E-state index contributed by atoms with van der Waals surface area (Å²) in [7, 11) is 0. The fourth-order valence-corrected chi connectivity index (χ4v) is 4.74. The van der Waals surface area contributed by atoms with Gasteiger partial charge in [-0.15, -0.1) is 11.3 Å². The van der Waals surface area contributed by atoms with Crippen molar-refractivity contribution in [2.75, 3.05) is 26.2 Å². The molecular weight excluding hydrogens is 322 g/mol. The van der Waals surface area contributed by atoms with Gasteiger partial charge >= 0.3 is 0 Å². The molecule has 4 rings (SSSR count). The van der Waals surface area contributed by atoms with Crippen LogP contribution < -0.4 is 0 Å². The van der Waals surface area contributed by atoms with Gasteiger partial charge < -0.3 is 14.5 Å². The van der Waals surface area contributed by atoms with Gasteiger partial charge in [0.2, 0.25) is 5.91 Å². The van der Waals surface area contributed by atoms with Crippen molar-refractivity contribution in [3.05, 3.63) is 16.1 Å². The zero-order chi connectivity index (χ0) is 16.7. The number of nitrogens with zero attached hydrogens (tertiary/aromatic N) is 3. The standard InChI is InChI=1S/C18H27N3O2S/c1-13-18(5-7-20(8-6-18)9-15-3-4-15)23-11-17(22)21(13)10-16-12-24-14(2)19-16/h12-13,15H,3-11H2,1-2H3/t13-/m0/s1. The minimum atomic E-state index is -0.168. The van der Waals surface area contributed by atoms with Crippen LogP contribution in [-0.2, 0) is 16.1 Å². The number of morpholine rings is 1. The molecule has 1 atom stereocenters. The highest BCUT2D eigenvalue weighted by Crippen LogP contribution is 2.38. The number of rotatable bonds is 4. The molecule has 1 aromatic rings. The monoisotopic (exact) mass is 349 g/mol. The summed E-state index contributed by atoms with van der Waals surface area (Å²) in [6, 6.07) is 0.115. The molecule has 0 bridgehead atoms. The Hall–Kier alpha value is -0.980. The van der Waals surface area contributed by atoms with Gasteiger partial charge in [0.1, 0.15) is 6.61 Å². The maximum Gasteiger partial charge on any atom is 0.249 e. The second kappa shape index (κ2) is 6.39. The van der Waals surface area contributed by atoms with Crippen molar-refractivity contribution >= 4 is 17.2 Å². The molecule has 2 saturated heterocycles. The topological polar surface area (TPSA) is 45.7 Å². The Morgan fingerprint density at radius 3 is 2.75 bits per heavy atom. The number of ether oxygens (including phenoxy) is 1. The average molecular weight is 350 g/mol. The van der Waals surface area contributed by atoms with Crippen molar-refractivity contribution in [2.45, 2.75) is 57.7 Å². The number of aromatic nitrogens is 1. The number of likely N-dealkylation sites (tertiary alicyclic amines) is 1. The molecule has 132 valence electrons. The normalized spacial score (nSPS) is 27.8. The summed E-state index contributed by atoms with van der Waals surface area (Å²) in [6.45, 7) is 8.45. The molecule has 0 N–H and O–H groups in total. The number of thiazole rings is 1. The number of carbonyl (C=O) groups excluding carboxylic acids is 1. The van der Waals surface area contributed by atoms with Gasteiger partial charge in [0, 0.05) is 25.0 Å². The van der Waals surface area contributed by atoms with E-state index in [0.29, 0.717) is 6.54 Å². The quantitative estimate of drug-likeness (QED) is 0.838. The third-order valence-corrected chi connectivity index (χ3v) is 6.77. The number of aryl methyl sites for hydroxylation is 1. The second-order valence-corrected chi connectivity index (χ2v) is 8.72. The highest BCUT2D eigenvalue weighted by Gasteiger charge is 2.48. The van der Waals surface area contributed by atoms with E-state index in [2.05, 4.69) is 22.2 Å². The number of hydrogen-bond acceptors (Lipinski definition) is 5. The lowest BCUT2D eigenvalue weighted by Gasteiger charge is -2.51. The number of hydrogen-bond donors (Lipinski definition) is 0. The summed E-state index contributed by atoms with van der Waals surface area (Å²) < 4.78 is 6.14. The zero-order valence-corrected chi connectivity index (χ0v) is 15.5. The van der Waals surface area contributed by atoms with Crippen LogP contribution >= 0.6 is 11.3 Å². The van der Waals surface area contributed by atoms with Crippen molar-refractivity contribution in [1.29, 1.82) is 0 Å². The summed E-state index contributed by atoms with van der Waals surface area (Å²) in [4.78, 5) is 21.5. The van der Waals surface area contributed by atoms with Crippen LogP contribution in [0.4, 0.5) is 0 Å². The van der Waals surface area contributed by atoms with Crippen molar-refractivity contribution < 1.29 is 9.53 Å². The maximum atomic E-state index is 12.4. The fourth-order valence-electron chi connectivity index (χ4n) is 4.13. The SMILES string of the molecule is Cc1nc(CN2C(=O)COC3(CCN(CC4CC4)CC3)[C@@H]2C)cs1. The molecule has 1 aromatic heterocycles. The number of carbonyl (C=O) groups is 1. The Balaban J connectivity index is 1.43. The molecule has 3 heterocycles. The molecule has 5 nitrogen and oxygen atoms in total. The lowest BCUT2D eigenvalue weighted by Crippen LogP contribution is -2.63. The second-order valence-electron chi connectivity index (χ2n) is 7.65. The van der Waals surface area contributed by atoms with Gasteiger partial charge in [-0.1, -0.05) is 0 Å². The summed E-state index contributed by atoms with van der Waals surface area (Å²) in [5.74, 6) is 1.04. The van der Waals surface area contributed by atoms with E-state index >= 15 is 0 Å². The lowest BCUT2D eigenvalue weighted by atomic mass is 9.82. The van der Waals surface area contributed by atoms with Crippen LogP contribution in [0.1, 0.15) is 43.3 Å². The van der Waals surface area contributed by atoms with Crippen molar-refractivity contribution in [1.82, 2.24) is 14.8 Å². The molecule has 1 spiro atoms. The van der Waals surface area contributed by atoms with E-state index in [4.69, 9.17) is 4.74 Å². The van der Waals surface area contributed by atoms with E-state index in [-0.39, 0.29) is 24.2 Å². The zero-order valence-electron chi connectivity index (χ0n) is 14.7. The summed E-state index contributed by atoms with van der Waals surface area (Å²) in [5.41, 5.74) is 0.833. The molecule has 0 unspecified atom stereocenters. The molecule has 6 heteroatoms. The van der Waals surface area contributed by atoms with Gasteiger partial charge in [-0.3, -0.25) is 4.79 Å². The van der Waals surface area contributed by atoms with Crippen LogP contribution in [0.25, 0.3) is 0 Å². The van der Waals surface area contributed by atoms with Crippen molar-refractivity contribution in [2.24, 2.45) is 5.92 Å². The minimum absolute atomic E-state index is 0.0965. The van der Waals surface area contributed by atoms with Crippen molar-refractivity contribution in [3.8, 4) is 0 Å². The van der Waals surface area contributed by atoms with Gasteiger partial charge in [-0.25, -0.2) is 4.98 Å². The Morgan fingerprint density at radius 2 is 2.12 bits per heavy atom. The molecule has 3 aliphatic rings. The molecule has 3 fully saturated rings. The number of amides is 1. The lowest BCUT2D eigenvalue weighted by molar-refractivity contribution is -0.188.